The van der Waals surface area contributed by atoms with Crippen molar-refractivity contribution in [2.45, 2.75) is 26.2 Å². The van der Waals surface area contributed by atoms with Gasteiger partial charge in [0.1, 0.15) is 5.82 Å². The Bertz CT molecular complexity index is 774. The third kappa shape index (κ3) is 7.25. The van der Waals surface area contributed by atoms with Gasteiger partial charge in [0.15, 0.2) is 0 Å². The fourth-order valence-corrected chi connectivity index (χ4v) is 2.23. The highest BCUT2D eigenvalue weighted by molar-refractivity contribution is 5.89. The van der Waals surface area contributed by atoms with E-state index in [2.05, 4.69) is 20.6 Å². The van der Waals surface area contributed by atoms with Crippen molar-refractivity contribution in [1.29, 1.82) is 0 Å². The average molecular weight is 354 g/mol. The first-order chi connectivity index (χ1) is 12.7. The van der Waals surface area contributed by atoms with Crippen molar-refractivity contribution in [3.63, 3.8) is 0 Å². The molecule has 26 heavy (non-hydrogen) atoms. The second-order valence-electron chi connectivity index (χ2n) is 5.59. The molecule has 0 fully saturated rings. The normalized spacial score (nSPS) is 11.2. The summed E-state index contributed by atoms with van der Waals surface area (Å²) in [6.07, 6.45) is 7.82. The van der Waals surface area contributed by atoms with Crippen LogP contribution in [0.1, 0.15) is 24.7 Å². The summed E-state index contributed by atoms with van der Waals surface area (Å²) in [6.45, 7) is 2.48. The molecule has 1 heterocycles. The largest absolute Gasteiger partial charge is 0.337 e. The highest BCUT2D eigenvalue weighted by Gasteiger charge is 2.03. The summed E-state index contributed by atoms with van der Waals surface area (Å²) in [5.74, 6) is -0.391. The highest BCUT2D eigenvalue weighted by atomic mass is 19.1. The monoisotopic (exact) mass is 354 g/mol. The molecule has 0 saturated carbocycles. The number of anilines is 1. The van der Waals surface area contributed by atoms with Crippen LogP contribution in [-0.2, 0) is 12.8 Å². The third-order valence-corrected chi connectivity index (χ3v) is 3.42. The lowest BCUT2D eigenvalue weighted by Gasteiger charge is -2.08. The Morgan fingerprint density at radius 3 is 2.85 bits per heavy atom. The molecule has 0 aliphatic carbocycles. The van der Waals surface area contributed by atoms with Crippen LogP contribution in [0.25, 0.3) is 0 Å². The van der Waals surface area contributed by atoms with Crippen molar-refractivity contribution in [2.75, 3.05) is 11.9 Å². The van der Waals surface area contributed by atoms with E-state index in [-0.39, 0.29) is 6.03 Å². The molecule has 6 heteroatoms. The first-order valence-electron chi connectivity index (χ1n) is 8.59. The summed E-state index contributed by atoms with van der Waals surface area (Å²) in [6, 6.07) is 11.2. The summed E-state index contributed by atoms with van der Waals surface area (Å²) >= 11 is 0. The number of nitrogens with one attached hydrogen (secondary N) is 2. The van der Waals surface area contributed by atoms with Crippen LogP contribution in [0.15, 0.2) is 59.7 Å². The predicted molar refractivity (Wildman–Crippen MR) is 103 cm³/mol. The number of nitrogens with zero attached hydrogens (tertiary/aromatic N) is 2. The van der Waals surface area contributed by atoms with E-state index in [1.54, 1.807) is 18.3 Å². The molecule has 2 aromatic rings. The van der Waals surface area contributed by atoms with Gasteiger partial charge in [0.05, 0.1) is 0 Å². The number of benzene rings is 1. The standard InChI is InChI=1S/C20H23FN4O/c1-2-12-22-13-5-10-17-7-4-8-18(24-17)11-14-23-20(26)25-19-9-3-6-16(21)15-19/h3-9,12-13,15H,2,10-11,14H2,1H3,(H2,23,25,26)/b13-5+,22-12?. The summed E-state index contributed by atoms with van der Waals surface area (Å²) in [7, 11) is 0. The van der Waals surface area contributed by atoms with Crippen LogP contribution in [-0.4, -0.2) is 23.8 Å². The number of halogens is 1. The maximum Gasteiger partial charge on any atom is 0.319 e. The zero-order valence-electron chi connectivity index (χ0n) is 14.8. The van der Waals surface area contributed by atoms with Crippen LogP contribution in [0.4, 0.5) is 14.9 Å². The van der Waals surface area contributed by atoms with Crippen LogP contribution >= 0.6 is 0 Å². The number of amides is 2. The zero-order chi connectivity index (χ0) is 18.6. The van der Waals surface area contributed by atoms with Gasteiger partial charge in [-0.15, -0.1) is 0 Å². The zero-order valence-corrected chi connectivity index (χ0v) is 14.8. The molecule has 0 bridgehead atoms. The van der Waals surface area contributed by atoms with Crippen LogP contribution in [0.3, 0.4) is 0 Å². The number of hydrogen-bond acceptors (Lipinski definition) is 3. The molecule has 0 atom stereocenters. The molecule has 0 saturated heterocycles. The molecule has 5 nitrogen and oxygen atoms in total. The second-order valence-corrected chi connectivity index (χ2v) is 5.59. The third-order valence-electron chi connectivity index (χ3n) is 3.42. The van der Waals surface area contributed by atoms with Gasteiger partial charge in [0, 0.05) is 48.9 Å². The Balaban J connectivity index is 1.76. The van der Waals surface area contributed by atoms with Gasteiger partial charge in [-0.25, -0.2) is 9.18 Å². The fraction of sp³-hybridized carbons (Fsp3) is 0.250. The fourth-order valence-electron chi connectivity index (χ4n) is 2.23. The topological polar surface area (TPSA) is 66.4 Å². The molecule has 1 aromatic carbocycles. The van der Waals surface area contributed by atoms with Crippen molar-refractivity contribution in [1.82, 2.24) is 10.3 Å². The molecule has 0 radical (unpaired) electrons. The van der Waals surface area contributed by atoms with Gasteiger partial charge in [0.25, 0.3) is 0 Å². The van der Waals surface area contributed by atoms with Crippen molar-refractivity contribution in [3.05, 3.63) is 71.9 Å². The van der Waals surface area contributed by atoms with Crippen molar-refractivity contribution >= 4 is 17.9 Å². The van der Waals surface area contributed by atoms with Gasteiger partial charge in [-0.2, -0.15) is 0 Å². The van der Waals surface area contributed by atoms with Crippen LogP contribution < -0.4 is 10.6 Å². The van der Waals surface area contributed by atoms with E-state index in [0.29, 0.717) is 25.1 Å². The minimum atomic E-state index is -0.391. The Hall–Kier alpha value is -3.02. The van der Waals surface area contributed by atoms with Crippen LogP contribution in [0, 0.1) is 5.82 Å². The van der Waals surface area contributed by atoms with Crippen molar-refractivity contribution < 1.29 is 9.18 Å². The predicted octanol–water partition coefficient (Wildman–Crippen LogP) is 4.12. The molecule has 0 spiro atoms. The summed E-state index contributed by atoms with van der Waals surface area (Å²) in [5, 5.41) is 5.33. The lowest BCUT2D eigenvalue weighted by atomic mass is 10.2. The second kappa shape index (κ2) is 10.8. The number of allylic oxidation sites excluding steroid dienone is 1. The number of hydrogen-bond donors (Lipinski definition) is 2. The molecular formula is C20H23FN4O. The van der Waals surface area contributed by atoms with Gasteiger partial charge < -0.3 is 10.6 Å². The summed E-state index contributed by atoms with van der Waals surface area (Å²) < 4.78 is 13.1. The summed E-state index contributed by atoms with van der Waals surface area (Å²) in [5.41, 5.74) is 2.27. The highest BCUT2D eigenvalue weighted by Crippen LogP contribution is 2.08. The van der Waals surface area contributed by atoms with E-state index in [1.165, 1.54) is 12.1 Å². The van der Waals surface area contributed by atoms with Crippen LogP contribution in [0.2, 0.25) is 0 Å². The Morgan fingerprint density at radius 2 is 2.04 bits per heavy atom. The number of carbonyl (C=O) groups excluding carboxylic acids is 1. The van der Waals surface area contributed by atoms with Gasteiger partial charge in [-0.1, -0.05) is 25.1 Å². The molecule has 1 aromatic heterocycles. The quantitative estimate of drug-likeness (QED) is 0.700. The van der Waals surface area contributed by atoms with Gasteiger partial charge in [-0.05, 0) is 36.8 Å². The van der Waals surface area contributed by atoms with Crippen LogP contribution in [0.5, 0.6) is 0 Å². The molecule has 2 rings (SSSR count). The number of rotatable bonds is 8. The number of pyridine rings is 1. The number of aromatic nitrogens is 1. The minimum Gasteiger partial charge on any atom is -0.337 e. The van der Waals surface area contributed by atoms with E-state index in [9.17, 15) is 9.18 Å². The first kappa shape index (κ1) is 19.3. The number of urea groups is 1. The number of aliphatic imine (C=N–C) groups is 1. The van der Waals surface area contributed by atoms with Gasteiger partial charge in [-0.3, -0.25) is 9.98 Å². The van der Waals surface area contributed by atoms with E-state index in [0.717, 1.165) is 17.8 Å². The SMILES string of the molecule is CCC=N/C=C/Cc1cccc(CCNC(=O)Nc2cccc(F)c2)n1. The van der Waals surface area contributed by atoms with E-state index in [1.807, 2.05) is 37.4 Å². The molecule has 0 aliphatic heterocycles. The van der Waals surface area contributed by atoms with Gasteiger partial charge >= 0.3 is 6.03 Å². The van der Waals surface area contributed by atoms with E-state index in [4.69, 9.17) is 0 Å². The maximum absolute atomic E-state index is 13.1. The lowest BCUT2D eigenvalue weighted by molar-refractivity contribution is 0.252. The first-order valence-corrected chi connectivity index (χ1v) is 8.59. The molecular weight excluding hydrogens is 331 g/mol. The summed E-state index contributed by atoms with van der Waals surface area (Å²) in [4.78, 5) is 20.5. The molecule has 0 aliphatic rings. The molecule has 2 N–H and O–H groups in total. The maximum atomic E-state index is 13.1. The smallest absolute Gasteiger partial charge is 0.319 e. The Kier molecular flexibility index (Phi) is 7.99. The van der Waals surface area contributed by atoms with Crippen molar-refractivity contribution in [2.24, 2.45) is 4.99 Å². The Morgan fingerprint density at radius 1 is 1.23 bits per heavy atom. The number of carbonyl (C=O) groups is 1. The lowest BCUT2D eigenvalue weighted by Crippen LogP contribution is -2.30. The minimum absolute atomic E-state index is 0.372. The average Bonchev–Trinajstić information content (AvgIpc) is 2.62. The molecule has 2 amide bonds. The Labute approximate surface area is 153 Å². The van der Waals surface area contributed by atoms with Crippen molar-refractivity contribution in [3.8, 4) is 0 Å². The van der Waals surface area contributed by atoms with Gasteiger partial charge in [0.2, 0.25) is 0 Å². The molecule has 0 unspecified atom stereocenters. The van der Waals surface area contributed by atoms with E-state index >= 15 is 0 Å². The van der Waals surface area contributed by atoms with E-state index < -0.39 is 5.82 Å². The molecule has 136 valence electrons.